The quantitative estimate of drug-likeness (QED) is 0.599. The first kappa shape index (κ1) is 9.89. The van der Waals surface area contributed by atoms with Gasteiger partial charge in [-0.25, -0.2) is 4.98 Å². The molecule has 0 fully saturated rings. The van der Waals surface area contributed by atoms with Gasteiger partial charge in [-0.3, -0.25) is 9.67 Å². The molecule has 0 saturated heterocycles. The minimum atomic E-state index is -0.505. The number of pyridine rings is 2. The van der Waals surface area contributed by atoms with Crippen LogP contribution in [0.2, 0.25) is 0 Å². The second-order valence-corrected chi connectivity index (χ2v) is 3.71. The molecule has 3 heterocycles. The van der Waals surface area contributed by atoms with Gasteiger partial charge in [0.2, 0.25) is 5.95 Å². The zero-order valence-corrected chi connectivity index (χ0v) is 9.13. The lowest BCUT2D eigenvalue weighted by atomic mass is 10.1. The second-order valence-electron chi connectivity index (χ2n) is 3.71. The fraction of sp³-hybridized carbons (Fsp3) is 0.0833. The van der Waals surface area contributed by atoms with Crippen molar-refractivity contribution >= 4 is 10.9 Å². The zero-order chi connectivity index (χ0) is 11.8. The molecular formula is C12H9FN4. The molecule has 0 atom stereocenters. The summed E-state index contributed by atoms with van der Waals surface area (Å²) in [7, 11) is 1.78. The molecule has 0 aliphatic rings. The number of nitrogens with zero attached hydrogens (tertiary/aromatic N) is 4. The van der Waals surface area contributed by atoms with Gasteiger partial charge < -0.3 is 0 Å². The number of aryl methyl sites for hydroxylation is 1. The largest absolute Gasteiger partial charge is 0.266 e. The molecular weight excluding hydrogens is 219 g/mol. The SMILES string of the molecule is Cn1nc2ccnc(F)c2c1-c1cccnc1. The Hall–Kier alpha value is -2.30. The number of hydrogen-bond acceptors (Lipinski definition) is 3. The van der Waals surface area contributed by atoms with E-state index in [4.69, 9.17) is 0 Å². The van der Waals surface area contributed by atoms with Gasteiger partial charge in [-0.05, 0) is 18.2 Å². The molecule has 0 N–H and O–H groups in total. The van der Waals surface area contributed by atoms with Crippen molar-refractivity contribution < 1.29 is 4.39 Å². The van der Waals surface area contributed by atoms with Gasteiger partial charge in [0, 0.05) is 31.2 Å². The van der Waals surface area contributed by atoms with E-state index in [-0.39, 0.29) is 0 Å². The van der Waals surface area contributed by atoms with E-state index in [2.05, 4.69) is 15.1 Å². The fourth-order valence-electron chi connectivity index (χ4n) is 1.94. The summed E-state index contributed by atoms with van der Waals surface area (Å²) in [6.45, 7) is 0. The predicted molar refractivity (Wildman–Crippen MR) is 61.7 cm³/mol. The molecule has 84 valence electrons. The van der Waals surface area contributed by atoms with E-state index in [1.54, 1.807) is 30.2 Å². The lowest BCUT2D eigenvalue weighted by Crippen LogP contribution is -1.94. The molecule has 4 nitrogen and oxygen atoms in total. The first-order valence-electron chi connectivity index (χ1n) is 5.15. The van der Waals surface area contributed by atoms with Crippen molar-refractivity contribution in [2.24, 2.45) is 7.05 Å². The Morgan fingerprint density at radius 3 is 2.88 bits per heavy atom. The van der Waals surface area contributed by atoms with Gasteiger partial charge in [0.05, 0.1) is 16.6 Å². The third-order valence-electron chi connectivity index (χ3n) is 2.64. The van der Waals surface area contributed by atoms with E-state index in [9.17, 15) is 4.39 Å². The molecule has 0 radical (unpaired) electrons. The van der Waals surface area contributed by atoms with Crippen LogP contribution < -0.4 is 0 Å². The molecule has 0 aliphatic heterocycles. The highest BCUT2D eigenvalue weighted by molar-refractivity contribution is 5.92. The molecule has 0 bridgehead atoms. The summed E-state index contributed by atoms with van der Waals surface area (Å²) in [6, 6.07) is 5.37. The van der Waals surface area contributed by atoms with Crippen LogP contribution in [0.15, 0.2) is 36.8 Å². The molecule has 3 aromatic rings. The zero-order valence-electron chi connectivity index (χ0n) is 9.13. The second kappa shape index (κ2) is 3.62. The van der Waals surface area contributed by atoms with Gasteiger partial charge in [-0.1, -0.05) is 0 Å². The highest BCUT2D eigenvalue weighted by atomic mass is 19.1. The summed E-state index contributed by atoms with van der Waals surface area (Å²) in [5.41, 5.74) is 2.11. The van der Waals surface area contributed by atoms with Crippen LogP contribution >= 0.6 is 0 Å². The summed E-state index contributed by atoms with van der Waals surface area (Å²) in [4.78, 5) is 7.70. The number of fused-ring (bicyclic) bond motifs is 1. The Kier molecular flexibility index (Phi) is 2.11. The standard InChI is InChI=1S/C12H9FN4/c1-17-11(8-3-2-5-14-7-8)10-9(16-17)4-6-15-12(10)13/h2-7H,1H3. The molecule has 0 spiro atoms. The van der Waals surface area contributed by atoms with Crippen LogP contribution in [0.3, 0.4) is 0 Å². The van der Waals surface area contributed by atoms with Crippen LogP contribution in [-0.2, 0) is 7.05 Å². The van der Waals surface area contributed by atoms with Crippen molar-refractivity contribution in [2.45, 2.75) is 0 Å². The van der Waals surface area contributed by atoms with Gasteiger partial charge in [0.15, 0.2) is 0 Å². The maximum Gasteiger partial charge on any atom is 0.224 e. The number of rotatable bonds is 1. The van der Waals surface area contributed by atoms with Crippen LogP contribution in [0.4, 0.5) is 4.39 Å². The Bertz CT molecular complexity index is 676. The van der Waals surface area contributed by atoms with E-state index >= 15 is 0 Å². The number of hydrogen-bond donors (Lipinski definition) is 0. The lowest BCUT2D eigenvalue weighted by Gasteiger charge is -2.01. The van der Waals surface area contributed by atoms with E-state index in [1.165, 1.54) is 6.20 Å². The summed E-state index contributed by atoms with van der Waals surface area (Å²) in [5.74, 6) is -0.505. The topological polar surface area (TPSA) is 43.6 Å². The highest BCUT2D eigenvalue weighted by Gasteiger charge is 2.15. The maximum absolute atomic E-state index is 13.8. The van der Waals surface area contributed by atoms with Crippen LogP contribution in [-0.4, -0.2) is 19.7 Å². The molecule has 17 heavy (non-hydrogen) atoms. The molecule has 3 aromatic heterocycles. The Balaban J connectivity index is 2.40. The molecule has 5 heteroatoms. The highest BCUT2D eigenvalue weighted by Crippen LogP contribution is 2.28. The lowest BCUT2D eigenvalue weighted by molar-refractivity contribution is 0.597. The van der Waals surface area contributed by atoms with E-state index in [0.717, 1.165) is 5.56 Å². The average molecular weight is 228 g/mol. The van der Waals surface area contributed by atoms with Crippen molar-refractivity contribution in [2.75, 3.05) is 0 Å². The van der Waals surface area contributed by atoms with Crippen molar-refractivity contribution in [3.05, 3.63) is 42.7 Å². The Labute approximate surface area is 96.7 Å². The van der Waals surface area contributed by atoms with Crippen LogP contribution in [0.5, 0.6) is 0 Å². The van der Waals surface area contributed by atoms with E-state index < -0.39 is 5.95 Å². The molecule has 0 saturated carbocycles. The smallest absolute Gasteiger partial charge is 0.224 e. The van der Waals surface area contributed by atoms with E-state index in [0.29, 0.717) is 16.6 Å². The summed E-state index contributed by atoms with van der Waals surface area (Å²) < 4.78 is 15.4. The molecule has 0 aromatic carbocycles. The van der Waals surface area contributed by atoms with Crippen LogP contribution in [0, 0.1) is 5.95 Å². The minimum Gasteiger partial charge on any atom is -0.266 e. The maximum atomic E-state index is 13.8. The Morgan fingerprint density at radius 2 is 2.12 bits per heavy atom. The molecule has 0 unspecified atom stereocenters. The number of aromatic nitrogens is 4. The molecule has 0 amide bonds. The first-order valence-corrected chi connectivity index (χ1v) is 5.15. The van der Waals surface area contributed by atoms with Crippen molar-refractivity contribution in [1.29, 1.82) is 0 Å². The monoisotopic (exact) mass is 228 g/mol. The normalized spacial score (nSPS) is 10.9. The van der Waals surface area contributed by atoms with E-state index in [1.807, 2.05) is 12.1 Å². The van der Waals surface area contributed by atoms with Crippen LogP contribution in [0.25, 0.3) is 22.2 Å². The van der Waals surface area contributed by atoms with Gasteiger partial charge in [0.1, 0.15) is 0 Å². The van der Waals surface area contributed by atoms with Gasteiger partial charge in [0.25, 0.3) is 0 Å². The predicted octanol–water partition coefficient (Wildman–Crippen LogP) is 2.17. The summed E-state index contributed by atoms with van der Waals surface area (Å²) in [6.07, 6.45) is 4.78. The molecule has 3 rings (SSSR count). The fourth-order valence-corrected chi connectivity index (χ4v) is 1.94. The first-order chi connectivity index (χ1) is 8.27. The van der Waals surface area contributed by atoms with Crippen molar-refractivity contribution in [3.8, 4) is 11.3 Å². The summed E-state index contributed by atoms with van der Waals surface area (Å²) >= 11 is 0. The average Bonchev–Trinajstić information content (AvgIpc) is 2.68. The minimum absolute atomic E-state index is 0.433. The third-order valence-corrected chi connectivity index (χ3v) is 2.64. The van der Waals surface area contributed by atoms with Gasteiger partial charge in [-0.15, -0.1) is 0 Å². The number of halogens is 1. The van der Waals surface area contributed by atoms with Gasteiger partial charge in [-0.2, -0.15) is 9.49 Å². The van der Waals surface area contributed by atoms with Gasteiger partial charge >= 0.3 is 0 Å². The van der Waals surface area contributed by atoms with Crippen molar-refractivity contribution in [3.63, 3.8) is 0 Å². The third kappa shape index (κ3) is 1.47. The van der Waals surface area contributed by atoms with Crippen LogP contribution in [0.1, 0.15) is 0 Å². The summed E-state index contributed by atoms with van der Waals surface area (Å²) in [5, 5.41) is 4.69. The van der Waals surface area contributed by atoms with Crippen molar-refractivity contribution in [1.82, 2.24) is 19.7 Å². The Morgan fingerprint density at radius 1 is 1.24 bits per heavy atom. The molecule has 0 aliphatic carbocycles.